The Labute approximate surface area is 261 Å². The molecule has 0 saturated heterocycles. The first-order chi connectivity index (χ1) is 21.8. The van der Waals surface area contributed by atoms with Crippen molar-refractivity contribution in [3.8, 4) is 11.1 Å². The van der Waals surface area contributed by atoms with E-state index in [0.29, 0.717) is 0 Å². The van der Waals surface area contributed by atoms with E-state index in [4.69, 9.17) is 0 Å². The minimum atomic E-state index is 0.856. The first-order valence-electron chi connectivity index (χ1n) is 15.4. The number of nitrogens with one attached hydrogen (secondary N) is 2. The van der Waals surface area contributed by atoms with Crippen LogP contribution < -0.4 is 19.8 Å². The number of benzene rings is 4. The average molecular weight is 577 g/mol. The molecular weight excluding hydrogens is 536 g/mol. The first kappa shape index (κ1) is 29.2. The Bertz CT molecular complexity index is 1560. The van der Waals surface area contributed by atoms with E-state index in [1.165, 1.54) is 44.5 Å². The molecule has 4 aromatic carbocycles. The maximum atomic E-state index is 3.53. The molecule has 0 fully saturated rings. The van der Waals surface area contributed by atoms with Crippen LogP contribution in [0.25, 0.3) is 11.1 Å². The smallest absolute Gasteiger partial charge is 0.173 e. The maximum absolute atomic E-state index is 3.53. The second-order valence-electron chi connectivity index (χ2n) is 11.3. The summed E-state index contributed by atoms with van der Waals surface area (Å²) in [5, 5.41) is 7.06. The lowest BCUT2D eigenvalue weighted by Crippen LogP contribution is -2.33. The molecule has 2 N–H and O–H groups in total. The predicted molar refractivity (Wildman–Crippen MR) is 177 cm³/mol. The average Bonchev–Trinajstić information content (AvgIpc) is 3.08. The highest BCUT2D eigenvalue weighted by molar-refractivity contribution is 5.61. The topological polar surface area (TPSA) is 31.8 Å². The summed E-state index contributed by atoms with van der Waals surface area (Å²) in [7, 11) is 0. The third-order valence-electron chi connectivity index (χ3n) is 7.89. The van der Waals surface area contributed by atoms with E-state index >= 15 is 0 Å². The lowest BCUT2D eigenvalue weighted by atomic mass is 10.1. The fourth-order valence-corrected chi connectivity index (χ4v) is 5.35. The number of aromatic nitrogens is 2. The molecule has 2 aromatic heterocycles. The van der Waals surface area contributed by atoms with Crippen LogP contribution in [0.3, 0.4) is 0 Å². The van der Waals surface area contributed by atoms with Crippen LogP contribution in [0.4, 0.5) is 0 Å². The molecule has 2 heterocycles. The van der Waals surface area contributed by atoms with Crippen molar-refractivity contribution in [3.63, 3.8) is 0 Å². The first-order valence-corrected chi connectivity index (χ1v) is 15.4. The summed E-state index contributed by atoms with van der Waals surface area (Å²) in [4.78, 5) is 0. The van der Waals surface area contributed by atoms with Crippen LogP contribution in [0.15, 0.2) is 158 Å². The Balaban J connectivity index is 0.960. The molecule has 218 valence electrons. The van der Waals surface area contributed by atoms with E-state index < -0.39 is 0 Å². The number of rotatable bonds is 13. The van der Waals surface area contributed by atoms with Crippen molar-refractivity contribution in [1.82, 2.24) is 10.6 Å². The van der Waals surface area contributed by atoms with Crippen LogP contribution in [0.5, 0.6) is 0 Å². The predicted octanol–water partition coefficient (Wildman–Crippen LogP) is 6.60. The zero-order chi connectivity index (χ0) is 29.8. The van der Waals surface area contributed by atoms with Crippen LogP contribution in [-0.4, -0.2) is 0 Å². The Morgan fingerprint density at radius 3 is 0.955 bits per heavy atom. The zero-order valence-corrected chi connectivity index (χ0v) is 25.1. The normalized spacial score (nSPS) is 11.0. The van der Waals surface area contributed by atoms with Gasteiger partial charge in [-0.25, -0.2) is 9.13 Å². The van der Waals surface area contributed by atoms with E-state index in [1.54, 1.807) is 0 Å². The van der Waals surface area contributed by atoms with Gasteiger partial charge < -0.3 is 10.6 Å². The number of nitrogens with zero attached hydrogens (tertiary/aromatic N) is 2. The van der Waals surface area contributed by atoms with Gasteiger partial charge in [0.15, 0.2) is 37.9 Å². The maximum Gasteiger partial charge on any atom is 0.173 e. The van der Waals surface area contributed by atoms with Gasteiger partial charge in [-0.15, -0.1) is 0 Å². The molecule has 0 spiro atoms. The second-order valence-corrected chi connectivity index (χ2v) is 11.3. The molecule has 0 unspecified atom stereocenters. The van der Waals surface area contributed by atoms with Gasteiger partial charge in [0, 0.05) is 61.6 Å². The van der Waals surface area contributed by atoms with Crippen molar-refractivity contribution in [1.29, 1.82) is 0 Å². The van der Waals surface area contributed by atoms with Gasteiger partial charge >= 0.3 is 0 Å². The molecule has 0 radical (unpaired) electrons. The van der Waals surface area contributed by atoms with E-state index in [1.807, 2.05) is 0 Å². The standard InChI is InChI=1S/C40H40N4/c1-3-7-33(8-4-1)27-41-29-35-11-15-37(16-12-35)31-43-23-19-39(20-24-43)40-21-25-44(26-22-40)32-38-17-13-36(14-18-38)30-42-28-34-9-5-2-6-10-34/h1-26,41-42H,27-32H2/q+2. The van der Waals surface area contributed by atoms with E-state index in [-0.39, 0.29) is 0 Å². The number of hydrogen-bond donors (Lipinski definition) is 2. The van der Waals surface area contributed by atoms with Gasteiger partial charge in [0.1, 0.15) is 0 Å². The molecule has 4 nitrogen and oxygen atoms in total. The van der Waals surface area contributed by atoms with Gasteiger partial charge in [-0.1, -0.05) is 109 Å². The summed E-state index contributed by atoms with van der Waals surface area (Å²) in [5.74, 6) is 0. The highest BCUT2D eigenvalue weighted by atomic mass is 14.9. The summed E-state index contributed by atoms with van der Waals surface area (Å²) >= 11 is 0. The van der Waals surface area contributed by atoms with E-state index in [2.05, 4.69) is 178 Å². The van der Waals surface area contributed by atoms with Gasteiger partial charge in [-0.3, -0.25) is 0 Å². The monoisotopic (exact) mass is 576 g/mol. The Morgan fingerprint density at radius 1 is 0.318 bits per heavy atom. The third-order valence-corrected chi connectivity index (χ3v) is 7.89. The van der Waals surface area contributed by atoms with Crippen molar-refractivity contribution in [2.24, 2.45) is 0 Å². The number of hydrogen-bond acceptors (Lipinski definition) is 2. The van der Waals surface area contributed by atoms with Crippen molar-refractivity contribution < 1.29 is 9.13 Å². The molecule has 0 atom stereocenters. The van der Waals surface area contributed by atoms with Crippen LogP contribution in [-0.2, 0) is 39.3 Å². The van der Waals surface area contributed by atoms with Gasteiger partial charge in [0.05, 0.1) is 0 Å². The van der Waals surface area contributed by atoms with Crippen molar-refractivity contribution >= 4 is 0 Å². The van der Waals surface area contributed by atoms with Gasteiger partial charge in [0.25, 0.3) is 0 Å². The molecule has 0 aliphatic heterocycles. The largest absolute Gasteiger partial charge is 0.309 e. The Hall–Kier alpha value is -4.90. The van der Waals surface area contributed by atoms with Crippen molar-refractivity contribution in [2.75, 3.05) is 0 Å². The van der Waals surface area contributed by atoms with Gasteiger partial charge in [-0.2, -0.15) is 0 Å². The molecule has 0 aliphatic rings. The lowest BCUT2D eigenvalue weighted by Gasteiger charge is -2.06. The van der Waals surface area contributed by atoms with Gasteiger partial charge in [0.2, 0.25) is 0 Å². The fraction of sp³-hybridized carbons (Fsp3) is 0.150. The highest BCUT2D eigenvalue weighted by Crippen LogP contribution is 2.16. The highest BCUT2D eigenvalue weighted by Gasteiger charge is 2.08. The van der Waals surface area contributed by atoms with Crippen molar-refractivity contribution in [3.05, 3.63) is 192 Å². The molecule has 44 heavy (non-hydrogen) atoms. The molecular formula is C40H40N4+2. The van der Waals surface area contributed by atoms with Crippen LogP contribution in [0.1, 0.15) is 33.4 Å². The molecule has 6 aromatic rings. The molecule has 0 bridgehead atoms. The molecule has 0 saturated carbocycles. The van der Waals surface area contributed by atoms with Crippen LogP contribution in [0, 0.1) is 0 Å². The fourth-order valence-electron chi connectivity index (χ4n) is 5.35. The molecule has 4 heteroatoms. The van der Waals surface area contributed by atoms with E-state index in [0.717, 1.165) is 39.3 Å². The quantitative estimate of drug-likeness (QED) is 0.152. The summed E-state index contributed by atoms with van der Waals surface area (Å²) in [6.45, 7) is 5.22. The second kappa shape index (κ2) is 15.0. The molecule has 6 rings (SSSR count). The van der Waals surface area contributed by atoms with E-state index in [9.17, 15) is 0 Å². The minimum absolute atomic E-state index is 0.856. The molecule has 0 amide bonds. The summed E-state index contributed by atoms with van der Waals surface area (Å²) in [6, 6.07) is 47.7. The van der Waals surface area contributed by atoms with Crippen LogP contribution >= 0.6 is 0 Å². The van der Waals surface area contributed by atoms with Gasteiger partial charge in [-0.05, 0) is 33.4 Å². The third kappa shape index (κ3) is 8.57. The Morgan fingerprint density at radius 2 is 0.614 bits per heavy atom. The minimum Gasteiger partial charge on any atom is -0.309 e. The Kier molecular flexibility index (Phi) is 9.96. The summed E-state index contributed by atoms with van der Waals surface area (Å²) in [6.07, 6.45) is 8.67. The molecule has 0 aliphatic carbocycles. The SMILES string of the molecule is c1ccc(CNCc2ccc(C[n+]3ccc(-c4cc[n+](Cc5ccc(CNCc6ccccc6)cc5)cc4)cc3)cc2)cc1. The van der Waals surface area contributed by atoms with Crippen LogP contribution in [0.2, 0.25) is 0 Å². The summed E-state index contributed by atoms with van der Waals surface area (Å²) in [5.41, 5.74) is 10.3. The zero-order valence-electron chi connectivity index (χ0n) is 25.1. The van der Waals surface area contributed by atoms with Crippen molar-refractivity contribution in [2.45, 2.75) is 39.3 Å². The summed E-state index contributed by atoms with van der Waals surface area (Å²) < 4.78 is 4.46. The lowest BCUT2D eigenvalue weighted by molar-refractivity contribution is -0.688. The number of pyridine rings is 2.